The smallest absolute Gasteiger partial charge is 0.0171 e. The van der Waals surface area contributed by atoms with Gasteiger partial charge in [0.15, 0.2) is 0 Å². The van der Waals surface area contributed by atoms with Crippen molar-refractivity contribution in [1.29, 1.82) is 0 Å². The molecule has 6 aromatic carbocycles. The third kappa shape index (κ3) is 5.08. The van der Waals surface area contributed by atoms with Gasteiger partial charge in [0, 0.05) is 0 Å². The van der Waals surface area contributed by atoms with Crippen LogP contribution >= 0.6 is 0 Å². The Morgan fingerprint density at radius 1 is 0.237 bits per heavy atom. The van der Waals surface area contributed by atoms with Crippen molar-refractivity contribution in [3.63, 3.8) is 0 Å². The van der Waals surface area contributed by atoms with Gasteiger partial charge >= 0.3 is 0 Å². The number of hydrogen-bond donors (Lipinski definition) is 0. The van der Waals surface area contributed by atoms with Crippen LogP contribution in [0.4, 0.5) is 0 Å². The Bertz CT molecular complexity index is 1540. The normalized spacial score (nSPS) is 10.9. The number of benzene rings is 6. The lowest BCUT2D eigenvalue weighted by atomic mass is 9.89. The summed E-state index contributed by atoms with van der Waals surface area (Å²) in [5, 5.41) is 0. The molecule has 0 fully saturated rings. The SMILES string of the molecule is Cc1ccc(-c2cc(-c3ccccc3)cc(-c3cc(-c4ccccc4)cc(-c4ccc(C)cc4)c3)c2)cc1. The Labute approximate surface area is 225 Å². The lowest BCUT2D eigenvalue weighted by Gasteiger charge is -2.15. The van der Waals surface area contributed by atoms with E-state index in [0.717, 1.165) is 0 Å². The van der Waals surface area contributed by atoms with Crippen LogP contribution in [-0.2, 0) is 0 Å². The highest BCUT2D eigenvalue weighted by molar-refractivity contribution is 5.86. The van der Waals surface area contributed by atoms with E-state index in [1.54, 1.807) is 0 Å². The third-order valence-corrected chi connectivity index (χ3v) is 7.18. The molecular formula is C38H30. The summed E-state index contributed by atoms with van der Waals surface area (Å²) in [4.78, 5) is 0. The van der Waals surface area contributed by atoms with Crippen LogP contribution < -0.4 is 0 Å². The Kier molecular flexibility index (Phi) is 6.46. The van der Waals surface area contributed by atoms with E-state index in [4.69, 9.17) is 0 Å². The second-order valence-corrected chi connectivity index (χ2v) is 10.1. The van der Waals surface area contributed by atoms with Crippen LogP contribution in [0.2, 0.25) is 0 Å². The van der Waals surface area contributed by atoms with Crippen molar-refractivity contribution in [3.05, 3.63) is 157 Å². The summed E-state index contributed by atoms with van der Waals surface area (Å²) in [6.45, 7) is 4.27. The molecule has 0 atom stereocenters. The molecule has 0 aliphatic rings. The van der Waals surface area contributed by atoms with E-state index < -0.39 is 0 Å². The van der Waals surface area contributed by atoms with E-state index in [1.165, 1.54) is 66.8 Å². The van der Waals surface area contributed by atoms with Crippen LogP contribution in [0.25, 0.3) is 55.6 Å². The Morgan fingerprint density at radius 2 is 0.474 bits per heavy atom. The van der Waals surface area contributed by atoms with Gasteiger partial charge in [-0.15, -0.1) is 0 Å². The van der Waals surface area contributed by atoms with Gasteiger partial charge in [0.2, 0.25) is 0 Å². The maximum absolute atomic E-state index is 2.33. The predicted molar refractivity (Wildman–Crippen MR) is 163 cm³/mol. The standard InChI is InChI=1S/C38H30/c1-27-13-17-31(18-14-27)35-21-33(29-9-5-3-6-10-29)23-37(25-35)38-24-34(30-11-7-4-8-12-30)22-36(26-38)32-19-15-28(2)16-20-32/h3-26H,1-2H3. The average molecular weight is 487 g/mol. The van der Waals surface area contributed by atoms with Crippen molar-refractivity contribution >= 4 is 0 Å². The Hall–Kier alpha value is -4.68. The minimum atomic E-state index is 1.22. The molecule has 0 amide bonds. The predicted octanol–water partition coefficient (Wildman–Crippen LogP) is 10.6. The summed E-state index contributed by atoms with van der Waals surface area (Å²) in [5.41, 5.74) is 14.8. The summed E-state index contributed by atoms with van der Waals surface area (Å²) in [6, 6.07) is 53.0. The molecule has 0 nitrogen and oxygen atoms in total. The molecule has 0 saturated carbocycles. The zero-order valence-corrected chi connectivity index (χ0v) is 21.9. The zero-order chi connectivity index (χ0) is 25.9. The second-order valence-electron chi connectivity index (χ2n) is 10.1. The van der Waals surface area contributed by atoms with Crippen LogP contribution in [0.1, 0.15) is 11.1 Å². The van der Waals surface area contributed by atoms with E-state index in [0.29, 0.717) is 0 Å². The lowest BCUT2D eigenvalue weighted by Crippen LogP contribution is -1.89. The summed E-state index contributed by atoms with van der Waals surface area (Å²) in [5.74, 6) is 0. The topological polar surface area (TPSA) is 0 Å². The summed E-state index contributed by atoms with van der Waals surface area (Å²) < 4.78 is 0. The Balaban J connectivity index is 1.57. The van der Waals surface area contributed by atoms with Gasteiger partial charge in [0.05, 0.1) is 0 Å². The minimum absolute atomic E-state index is 1.22. The van der Waals surface area contributed by atoms with E-state index in [1.807, 2.05) is 0 Å². The number of aryl methyl sites for hydroxylation is 2. The first-order valence-corrected chi connectivity index (χ1v) is 13.2. The molecule has 0 radical (unpaired) electrons. The molecule has 0 unspecified atom stereocenters. The molecule has 0 bridgehead atoms. The molecule has 182 valence electrons. The summed E-state index contributed by atoms with van der Waals surface area (Å²) in [6.07, 6.45) is 0. The second kappa shape index (κ2) is 10.4. The molecule has 0 N–H and O–H groups in total. The van der Waals surface area contributed by atoms with Gasteiger partial charge in [0.1, 0.15) is 0 Å². The van der Waals surface area contributed by atoms with Gasteiger partial charge in [-0.2, -0.15) is 0 Å². The Morgan fingerprint density at radius 3 is 0.763 bits per heavy atom. The fourth-order valence-electron chi connectivity index (χ4n) is 5.01. The van der Waals surface area contributed by atoms with Gasteiger partial charge < -0.3 is 0 Å². The van der Waals surface area contributed by atoms with Crippen molar-refractivity contribution in [2.75, 3.05) is 0 Å². The molecule has 6 rings (SSSR count). The van der Waals surface area contributed by atoms with Crippen molar-refractivity contribution in [1.82, 2.24) is 0 Å². The highest BCUT2D eigenvalue weighted by atomic mass is 14.2. The first-order valence-electron chi connectivity index (χ1n) is 13.2. The van der Waals surface area contributed by atoms with E-state index in [2.05, 4.69) is 159 Å². The lowest BCUT2D eigenvalue weighted by molar-refractivity contribution is 1.46. The van der Waals surface area contributed by atoms with Gasteiger partial charge in [0.25, 0.3) is 0 Å². The van der Waals surface area contributed by atoms with Crippen LogP contribution in [0.15, 0.2) is 146 Å². The minimum Gasteiger partial charge on any atom is -0.0622 e. The molecule has 6 aromatic rings. The highest BCUT2D eigenvalue weighted by Crippen LogP contribution is 2.37. The van der Waals surface area contributed by atoms with Crippen LogP contribution in [0.5, 0.6) is 0 Å². The maximum Gasteiger partial charge on any atom is -0.0171 e. The molecule has 38 heavy (non-hydrogen) atoms. The largest absolute Gasteiger partial charge is 0.0622 e. The van der Waals surface area contributed by atoms with Crippen molar-refractivity contribution in [3.8, 4) is 55.6 Å². The van der Waals surface area contributed by atoms with Gasteiger partial charge in [-0.3, -0.25) is 0 Å². The molecular weight excluding hydrogens is 456 g/mol. The van der Waals surface area contributed by atoms with Gasteiger partial charge in [-0.05, 0) is 106 Å². The molecule has 0 heteroatoms. The van der Waals surface area contributed by atoms with Gasteiger partial charge in [-0.25, -0.2) is 0 Å². The molecule has 0 aliphatic heterocycles. The van der Waals surface area contributed by atoms with Crippen molar-refractivity contribution in [2.24, 2.45) is 0 Å². The van der Waals surface area contributed by atoms with Crippen molar-refractivity contribution < 1.29 is 0 Å². The first-order chi connectivity index (χ1) is 18.6. The summed E-state index contributed by atoms with van der Waals surface area (Å²) in [7, 11) is 0. The van der Waals surface area contributed by atoms with E-state index in [9.17, 15) is 0 Å². The average Bonchev–Trinajstić information content (AvgIpc) is 2.98. The van der Waals surface area contributed by atoms with E-state index in [-0.39, 0.29) is 0 Å². The molecule has 0 spiro atoms. The third-order valence-electron chi connectivity index (χ3n) is 7.18. The maximum atomic E-state index is 2.33. The highest BCUT2D eigenvalue weighted by Gasteiger charge is 2.11. The van der Waals surface area contributed by atoms with Crippen LogP contribution in [-0.4, -0.2) is 0 Å². The quantitative estimate of drug-likeness (QED) is 0.227. The molecule has 0 aromatic heterocycles. The van der Waals surface area contributed by atoms with E-state index >= 15 is 0 Å². The van der Waals surface area contributed by atoms with Crippen LogP contribution in [0, 0.1) is 13.8 Å². The fraction of sp³-hybridized carbons (Fsp3) is 0.0526. The van der Waals surface area contributed by atoms with Crippen LogP contribution in [0.3, 0.4) is 0 Å². The zero-order valence-electron chi connectivity index (χ0n) is 21.9. The van der Waals surface area contributed by atoms with Crippen molar-refractivity contribution in [2.45, 2.75) is 13.8 Å². The molecule has 0 heterocycles. The summed E-state index contributed by atoms with van der Waals surface area (Å²) >= 11 is 0. The molecule has 0 aliphatic carbocycles. The number of rotatable bonds is 5. The first kappa shape index (κ1) is 23.7. The van der Waals surface area contributed by atoms with Gasteiger partial charge in [-0.1, -0.05) is 120 Å². The fourth-order valence-corrected chi connectivity index (χ4v) is 5.01. The monoisotopic (exact) mass is 486 g/mol. The molecule has 0 saturated heterocycles. The number of hydrogen-bond acceptors (Lipinski definition) is 0.